The fourth-order valence-electron chi connectivity index (χ4n) is 3.72. The summed E-state index contributed by atoms with van der Waals surface area (Å²) in [6.45, 7) is 6.48. The highest BCUT2D eigenvalue weighted by Crippen LogP contribution is 2.41. The topological polar surface area (TPSA) is 76.2 Å². The first-order chi connectivity index (χ1) is 13.9. The van der Waals surface area contributed by atoms with Crippen molar-refractivity contribution in [1.29, 1.82) is 0 Å². The Bertz CT molecular complexity index is 1050. The van der Waals surface area contributed by atoms with Crippen LogP contribution in [0.1, 0.15) is 49.8 Å². The average Bonchev–Trinajstić information content (AvgIpc) is 3.15. The second kappa shape index (κ2) is 7.28. The molecule has 1 amide bonds. The van der Waals surface area contributed by atoms with Crippen molar-refractivity contribution in [2.24, 2.45) is 0 Å². The van der Waals surface area contributed by atoms with Crippen molar-refractivity contribution in [1.82, 2.24) is 10.2 Å². The maximum absolute atomic E-state index is 12.1. The van der Waals surface area contributed by atoms with Crippen LogP contribution in [0.4, 0.5) is 5.82 Å². The molecule has 0 saturated heterocycles. The minimum Gasteiger partial charge on any atom is -0.493 e. The SMILES string of the molecule is COc1cc(C2CC(=O)Nc3n[nH]cc32)ccc1Oc1ccccc1C(C)(C)C. The van der Waals surface area contributed by atoms with Crippen molar-refractivity contribution < 1.29 is 14.3 Å². The summed E-state index contributed by atoms with van der Waals surface area (Å²) in [5.74, 6) is 2.53. The third kappa shape index (κ3) is 3.70. The number of para-hydroxylation sites is 1. The van der Waals surface area contributed by atoms with E-state index in [2.05, 4.69) is 42.4 Å². The highest BCUT2D eigenvalue weighted by molar-refractivity contribution is 5.94. The third-order valence-electron chi connectivity index (χ3n) is 5.20. The molecule has 6 nitrogen and oxygen atoms in total. The molecule has 0 bridgehead atoms. The first kappa shape index (κ1) is 19.1. The molecule has 6 heteroatoms. The maximum Gasteiger partial charge on any atom is 0.226 e. The molecule has 1 aliphatic rings. The van der Waals surface area contributed by atoms with Crippen LogP contribution < -0.4 is 14.8 Å². The van der Waals surface area contributed by atoms with Gasteiger partial charge >= 0.3 is 0 Å². The number of H-pyrrole nitrogens is 1. The van der Waals surface area contributed by atoms with E-state index in [0.29, 0.717) is 23.7 Å². The minimum absolute atomic E-state index is 0.0447. The number of methoxy groups -OCH3 is 1. The molecule has 1 unspecified atom stereocenters. The Kier molecular flexibility index (Phi) is 4.78. The van der Waals surface area contributed by atoms with E-state index in [9.17, 15) is 4.79 Å². The van der Waals surface area contributed by atoms with Crippen LogP contribution in [0.15, 0.2) is 48.7 Å². The smallest absolute Gasteiger partial charge is 0.226 e. The zero-order chi connectivity index (χ0) is 20.6. The number of amides is 1. The first-order valence-electron chi connectivity index (χ1n) is 9.65. The number of nitrogens with zero attached hydrogens (tertiary/aromatic N) is 1. The molecule has 1 aromatic heterocycles. The van der Waals surface area contributed by atoms with Gasteiger partial charge in [-0.15, -0.1) is 0 Å². The lowest BCUT2D eigenvalue weighted by atomic mass is 9.86. The van der Waals surface area contributed by atoms with E-state index in [4.69, 9.17) is 9.47 Å². The molecule has 0 fully saturated rings. The van der Waals surface area contributed by atoms with Gasteiger partial charge in [-0.25, -0.2) is 0 Å². The number of benzene rings is 2. The van der Waals surface area contributed by atoms with Crippen molar-refractivity contribution in [3.63, 3.8) is 0 Å². The summed E-state index contributed by atoms with van der Waals surface area (Å²) >= 11 is 0. The van der Waals surface area contributed by atoms with E-state index in [-0.39, 0.29) is 17.2 Å². The van der Waals surface area contributed by atoms with Crippen LogP contribution >= 0.6 is 0 Å². The van der Waals surface area contributed by atoms with Crippen LogP contribution in [0.5, 0.6) is 17.2 Å². The molecule has 150 valence electrons. The Balaban J connectivity index is 1.69. The van der Waals surface area contributed by atoms with Crippen LogP contribution in [0.2, 0.25) is 0 Å². The summed E-state index contributed by atoms with van der Waals surface area (Å²) in [4.78, 5) is 12.1. The van der Waals surface area contributed by atoms with Gasteiger partial charge in [0.05, 0.1) is 7.11 Å². The maximum atomic E-state index is 12.1. The number of aromatic amines is 1. The second-order valence-electron chi connectivity index (χ2n) is 8.25. The van der Waals surface area contributed by atoms with Crippen molar-refractivity contribution in [2.75, 3.05) is 12.4 Å². The van der Waals surface area contributed by atoms with Crippen LogP contribution in [0.25, 0.3) is 0 Å². The van der Waals surface area contributed by atoms with E-state index >= 15 is 0 Å². The Morgan fingerprint density at radius 2 is 1.86 bits per heavy atom. The Hall–Kier alpha value is -3.28. The summed E-state index contributed by atoms with van der Waals surface area (Å²) in [5, 5.41) is 9.75. The predicted octanol–water partition coefficient (Wildman–Crippen LogP) is 4.98. The molecule has 29 heavy (non-hydrogen) atoms. The quantitative estimate of drug-likeness (QED) is 0.657. The number of hydrogen-bond acceptors (Lipinski definition) is 4. The highest BCUT2D eigenvalue weighted by Gasteiger charge is 2.29. The van der Waals surface area contributed by atoms with Crippen LogP contribution in [0.3, 0.4) is 0 Å². The van der Waals surface area contributed by atoms with Gasteiger partial charge in [-0.3, -0.25) is 9.89 Å². The van der Waals surface area contributed by atoms with Crippen LogP contribution in [0, 0.1) is 0 Å². The molecule has 0 aliphatic carbocycles. The predicted molar refractivity (Wildman–Crippen MR) is 112 cm³/mol. The van der Waals surface area contributed by atoms with Gasteiger partial charge in [-0.1, -0.05) is 45.0 Å². The van der Waals surface area contributed by atoms with Crippen molar-refractivity contribution in [3.05, 3.63) is 65.4 Å². The molecule has 1 aliphatic heterocycles. The van der Waals surface area contributed by atoms with E-state index in [1.54, 1.807) is 7.11 Å². The van der Waals surface area contributed by atoms with Crippen molar-refractivity contribution >= 4 is 11.7 Å². The fourth-order valence-corrected chi connectivity index (χ4v) is 3.72. The highest BCUT2D eigenvalue weighted by atomic mass is 16.5. The normalized spacial score (nSPS) is 16.1. The van der Waals surface area contributed by atoms with Gasteiger partial charge in [0, 0.05) is 29.7 Å². The number of nitrogens with one attached hydrogen (secondary N) is 2. The number of hydrogen-bond donors (Lipinski definition) is 2. The van der Waals surface area contributed by atoms with Gasteiger partial charge in [-0.05, 0) is 29.2 Å². The number of aromatic nitrogens is 2. The Morgan fingerprint density at radius 3 is 2.62 bits per heavy atom. The molecule has 0 radical (unpaired) electrons. The largest absolute Gasteiger partial charge is 0.493 e. The Labute approximate surface area is 170 Å². The molecule has 0 saturated carbocycles. The molecule has 2 aromatic carbocycles. The number of carbonyl (C=O) groups is 1. The molecule has 4 rings (SSSR count). The van der Waals surface area contributed by atoms with Crippen molar-refractivity contribution in [2.45, 2.75) is 38.5 Å². The molecule has 2 N–H and O–H groups in total. The molecule has 1 atom stereocenters. The molecular formula is C23H25N3O3. The summed E-state index contributed by atoms with van der Waals surface area (Å²) in [5.41, 5.74) is 3.03. The first-order valence-corrected chi connectivity index (χ1v) is 9.65. The lowest BCUT2D eigenvalue weighted by molar-refractivity contribution is -0.116. The van der Waals surface area contributed by atoms with Gasteiger partial charge in [0.2, 0.25) is 5.91 Å². The number of carbonyl (C=O) groups excluding carboxylic acids is 1. The van der Waals surface area contributed by atoms with Gasteiger partial charge < -0.3 is 14.8 Å². The molecule has 0 spiro atoms. The van der Waals surface area contributed by atoms with Gasteiger partial charge in [-0.2, -0.15) is 5.10 Å². The number of fused-ring (bicyclic) bond motifs is 1. The lowest BCUT2D eigenvalue weighted by Gasteiger charge is -2.24. The van der Waals surface area contributed by atoms with Crippen LogP contribution in [-0.2, 0) is 10.2 Å². The van der Waals surface area contributed by atoms with Gasteiger partial charge in [0.1, 0.15) is 5.75 Å². The summed E-state index contributed by atoms with van der Waals surface area (Å²) in [6, 6.07) is 13.9. The van der Waals surface area contributed by atoms with Crippen LogP contribution in [-0.4, -0.2) is 23.2 Å². The molecular weight excluding hydrogens is 366 g/mol. The zero-order valence-electron chi connectivity index (χ0n) is 17.1. The van der Waals surface area contributed by atoms with E-state index in [0.717, 1.165) is 22.4 Å². The summed E-state index contributed by atoms with van der Waals surface area (Å²) < 4.78 is 11.9. The van der Waals surface area contributed by atoms with E-state index in [1.807, 2.05) is 42.6 Å². The van der Waals surface area contributed by atoms with Crippen molar-refractivity contribution in [3.8, 4) is 17.2 Å². The monoisotopic (exact) mass is 391 g/mol. The standard InChI is InChI=1S/C23H25N3O3/c1-23(2,3)17-7-5-6-8-18(17)29-19-10-9-14(11-20(19)28-4)15-12-21(27)25-22-16(15)13-24-26-22/h5-11,13,15H,12H2,1-4H3,(H2,24,25,26,27). The molecule has 3 aromatic rings. The van der Waals surface area contributed by atoms with E-state index in [1.165, 1.54) is 0 Å². The van der Waals surface area contributed by atoms with Gasteiger partial charge in [0.25, 0.3) is 0 Å². The second-order valence-corrected chi connectivity index (χ2v) is 8.25. The number of rotatable bonds is 4. The number of ether oxygens (including phenoxy) is 2. The zero-order valence-corrected chi connectivity index (χ0v) is 17.1. The Morgan fingerprint density at radius 1 is 1.07 bits per heavy atom. The lowest BCUT2D eigenvalue weighted by Crippen LogP contribution is -2.23. The average molecular weight is 391 g/mol. The molecule has 2 heterocycles. The minimum atomic E-state index is -0.0812. The fraction of sp³-hybridized carbons (Fsp3) is 0.304. The third-order valence-corrected chi connectivity index (χ3v) is 5.20. The number of anilines is 1. The van der Waals surface area contributed by atoms with Gasteiger partial charge in [0.15, 0.2) is 17.3 Å². The van der Waals surface area contributed by atoms with E-state index < -0.39 is 0 Å². The summed E-state index contributed by atoms with van der Waals surface area (Å²) in [6.07, 6.45) is 2.19. The summed E-state index contributed by atoms with van der Waals surface area (Å²) in [7, 11) is 1.62.